The van der Waals surface area contributed by atoms with Gasteiger partial charge in [0.15, 0.2) is 0 Å². The molecule has 1 atom stereocenters. The molecule has 1 fully saturated rings. The van der Waals surface area contributed by atoms with Gasteiger partial charge in [-0.1, -0.05) is 13.8 Å². The highest BCUT2D eigenvalue weighted by Gasteiger charge is 2.35. The van der Waals surface area contributed by atoms with Gasteiger partial charge in [-0.15, -0.1) is 0 Å². The molecule has 0 radical (unpaired) electrons. The monoisotopic (exact) mass is 230 g/mol. The summed E-state index contributed by atoms with van der Waals surface area (Å²) in [4.78, 5) is 14.1. The van der Waals surface area contributed by atoms with E-state index in [9.17, 15) is 4.79 Å². The van der Waals surface area contributed by atoms with Crippen LogP contribution in [0.5, 0.6) is 0 Å². The minimum absolute atomic E-state index is 0.111. The van der Waals surface area contributed by atoms with Crippen LogP contribution in [0.15, 0.2) is 0 Å². The van der Waals surface area contributed by atoms with Gasteiger partial charge in [-0.3, -0.25) is 4.79 Å². The van der Waals surface area contributed by atoms with Crippen molar-refractivity contribution in [2.45, 2.75) is 44.7 Å². The Labute approximate surface area is 96.8 Å². The van der Waals surface area contributed by atoms with Gasteiger partial charge in [0.25, 0.3) is 0 Å². The largest absolute Gasteiger partial charge is 0.340 e. The predicted octanol–water partition coefficient (Wildman–Crippen LogP) is 1.47. The number of likely N-dealkylation sites (N-methyl/N-ethyl adjacent to an activating group) is 1. The molecule has 0 saturated carbocycles. The van der Waals surface area contributed by atoms with Gasteiger partial charge in [-0.05, 0) is 25.0 Å². The van der Waals surface area contributed by atoms with Crippen molar-refractivity contribution >= 4 is 17.7 Å². The molecule has 1 aliphatic heterocycles. The zero-order valence-corrected chi connectivity index (χ0v) is 10.8. The van der Waals surface area contributed by atoms with Crippen molar-refractivity contribution < 1.29 is 4.79 Å². The van der Waals surface area contributed by atoms with Crippen LogP contribution >= 0.6 is 11.8 Å². The predicted molar refractivity (Wildman–Crippen MR) is 66.0 cm³/mol. The average Bonchev–Trinajstić information content (AvgIpc) is 2.79. The van der Waals surface area contributed by atoms with Crippen LogP contribution in [0, 0.1) is 0 Å². The van der Waals surface area contributed by atoms with Crippen LogP contribution in [0.1, 0.15) is 33.1 Å². The Kier molecular flexibility index (Phi) is 4.46. The van der Waals surface area contributed by atoms with Gasteiger partial charge in [0, 0.05) is 18.8 Å². The van der Waals surface area contributed by atoms with E-state index in [1.807, 2.05) is 37.6 Å². The Balaban J connectivity index is 2.65. The van der Waals surface area contributed by atoms with Crippen molar-refractivity contribution in [3.8, 4) is 0 Å². The van der Waals surface area contributed by atoms with E-state index in [-0.39, 0.29) is 5.91 Å². The number of nitrogens with two attached hydrogens (primary N) is 1. The first-order chi connectivity index (χ1) is 7.05. The number of thioether (sulfide) groups is 1. The number of hydrogen-bond acceptors (Lipinski definition) is 3. The van der Waals surface area contributed by atoms with Gasteiger partial charge in [-0.2, -0.15) is 11.8 Å². The summed E-state index contributed by atoms with van der Waals surface area (Å²) in [6.07, 6.45) is 2.54. The van der Waals surface area contributed by atoms with Gasteiger partial charge >= 0.3 is 0 Å². The first kappa shape index (κ1) is 12.8. The van der Waals surface area contributed by atoms with Gasteiger partial charge in [-0.25, -0.2) is 0 Å². The van der Waals surface area contributed by atoms with Crippen LogP contribution in [0.2, 0.25) is 0 Å². The third-order valence-electron chi connectivity index (χ3n) is 3.46. The number of hydrogen-bond donors (Lipinski definition) is 1. The lowest BCUT2D eigenvalue weighted by Crippen LogP contribution is -2.56. The summed E-state index contributed by atoms with van der Waals surface area (Å²) in [7, 11) is 1.89. The lowest BCUT2D eigenvalue weighted by molar-refractivity contribution is -0.137. The highest BCUT2D eigenvalue weighted by Crippen LogP contribution is 2.24. The molecule has 3 nitrogen and oxygen atoms in total. The molecule has 0 aliphatic carbocycles. The number of rotatable bonds is 4. The normalized spacial score (nSPS) is 21.7. The molecule has 2 N–H and O–H groups in total. The maximum atomic E-state index is 12.2. The maximum Gasteiger partial charge on any atom is 0.242 e. The SMILES string of the molecule is CCC(N)(CC)C(=O)N(C)C1CCSC1. The third-order valence-corrected chi connectivity index (χ3v) is 4.61. The summed E-state index contributed by atoms with van der Waals surface area (Å²) in [5.74, 6) is 2.34. The van der Waals surface area contributed by atoms with Gasteiger partial charge in [0.2, 0.25) is 5.91 Å². The lowest BCUT2D eigenvalue weighted by Gasteiger charge is -2.33. The number of carbonyl (C=O) groups excluding carboxylic acids is 1. The maximum absolute atomic E-state index is 12.2. The van der Waals surface area contributed by atoms with Gasteiger partial charge < -0.3 is 10.6 Å². The topological polar surface area (TPSA) is 46.3 Å². The van der Waals surface area contributed by atoms with Crippen LogP contribution in [0.4, 0.5) is 0 Å². The van der Waals surface area contributed by atoms with E-state index in [1.165, 1.54) is 0 Å². The molecule has 1 aliphatic rings. The van der Waals surface area contributed by atoms with Crippen molar-refractivity contribution in [2.75, 3.05) is 18.6 Å². The molecule has 1 heterocycles. The van der Waals surface area contributed by atoms with Crippen LogP contribution in [0.25, 0.3) is 0 Å². The fraction of sp³-hybridized carbons (Fsp3) is 0.909. The Hall–Kier alpha value is -0.220. The Morgan fingerprint density at radius 3 is 2.53 bits per heavy atom. The Morgan fingerprint density at radius 2 is 2.13 bits per heavy atom. The Bertz CT molecular complexity index is 223. The van der Waals surface area contributed by atoms with Crippen LogP contribution < -0.4 is 5.73 Å². The van der Waals surface area contributed by atoms with Gasteiger partial charge in [0.1, 0.15) is 0 Å². The fourth-order valence-corrected chi connectivity index (χ4v) is 3.16. The third kappa shape index (κ3) is 2.67. The van der Waals surface area contributed by atoms with Gasteiger partial charge in [0.05, 0.1) is 5.54 Å². The van der Waals surface area contributed by atoms with E-state index in [0.29, 0.717) is 18.9 Å². The summed E-state index contributed by atoms with van der Waals surface area (Å²) in [5.41, 5.74) is 5.46. The van der Waals surface area contributed by atoms with Crippen molar-refractivity contribution in [2.24, 2.45) is 5.73 Å². The molecule has 0 aromatic heterocycles. The van der Waals surface area contributed by atoms with E-state index in [4.69, 9.17) is 5.73 Å². The van der Waals surface area contributed by atoms with Crippen molar-refractivity contribution in [1.82, 2.24) is 4.90 Å². The zero-order valence-electron chi connectivity index (χ0n) is 9.95. The molecule has 0 bridgehead atoms. The summed E-state index contributed by atoms with van der Waals surface area (Å²) >= 11 is 1.92. The second-order valence-corrected chi connectivity index (χ2v) is 5.45. The number of amides is 1. The smallest absolute Gasteiger partial charge is 0.242 e. The molecular weight excluding hydrogens is 208 g/mol. The lowest BCUT2D eigenvalue weighted by atomic mass is 9.92. The second-order valence-electron chi connectivity index (χ2n) is 4.30. The second kappa shape index (κ2) is 5.21. The zero-order chi connectivity index (χ0) is 11.5. The minimum Gasteiger partial charge on any atom is -0.340 e. The van der Waals surface area contributed by atoms with E-state index in [2.05, 4.69) is 0 Å². The first-order valence-electron chi connectivity index (χ1n) is 5.69. The molecule has 88 valence electrons. The van der Waals surface area contributed by atoms with Crippen molar-refractivity contribution in [3.63, 3.8) is 0 Å². The van der Waals surface area contributed by atoms with Crippen LogP contribution in [-0.4, -0.2) is 40.9 Å². The van der Waals surface area contributed by atoms with E-state index >= 15 is 0 Å². The first-order valence-corrected chi connectivity index (χ1v) is 6.84. The highest BCUT2D eigenvalue weighted by molar-refractivity contribution is 7.99. The standard InChI is InChI=1S/C11H22N2OS/c1-4-11(12,5-2)10(14)13(3)9-6-7-15-8-9/h9H,4-8,12H2,1-3H3. The quantitative estimate of drug-likeness (QED) is 0.795. The summed E-state index contributed by atoms with van der Waals surface area (Å²) in [6, 6.07) is 0.392. The van der Waals surface area contributed by atoms with E-state index < -0.39 is 5.54 Å². The summed E-state index contributed by atoms with van der Waals surface area (Å²) in [6.45, 7) is 3.97. The minimum atomic E-state index is -0.651. The molecule has 4 heteroatoms. The van der Waals surface area contributed by atoms with E-state index in [0.717, 1.165) is 17.9 Å². The molecule has 0 aromatic rings. The highest BCUT2D eigenvalue weighted by atomic mass is 32.2. The van der Waals surface area contributed by atoms with Crippen LogP contribution in [0.3, 0.4) is 0 Å². The molecular formula is C11H22N2OS. The summed E-state index contributed by atoms with van der Waals surface area (Å²) in [5, 5.41) is 0. The van der Waals surface area contributed by atoms with Crippen LogP contribution in [-0.2, 0) is 4.79 Å². The number of carbonyl (C=O) groups is 1. The molecule has 15 heavy (non-hydrogen) atoms. The molecule has 0 spiro atoms. The summed E-state index contributed by atoms with van der Waals surface area (Å²) < 4.78 is 0. The molecule has 1 rings (SSSR count). The Morgan fingerprint density at radius 1 is 1.53 bits per heavy atom. The van der Waals surface area contributed by atoms with Crippen molar-refractivity contribution in [1.29, 1.82) is 0 Å². The molecule has 1 amide bonds. The average molecular weight is 230 g/mol. The molecule has 1 saturated heterocycles. The number of nitrogens with zero attached hydrogens (tertiary/aromatic N) is 1. The van der Waals surface area contributed by atoms with Crippen molar-refractivity contribution in [3.05, 3.63) is 0 Å². The molecule has 0 aromatic carbocycles. The van der Waals surface area contributed by atoms with E-state index in [1.54, 1.807) is 0 Å². The fourth-order valence-electron chi connectivity index (χ4n) is 1.90. The molecule has 1 unspecified atom stereocenters.